The number of rotatable bonds is 6. The van der Waals surface area contributed by atoms with Crippen LogP contribution in [0.4, 0.5) is 18.9 Å². The number of esters is 1. The van der Waals surface area contributed by atoms with Crippen molar-refractivity contribution in [1.82, 2.24) is 4.98 Å². The van der Waals surface area contributed by atoms with Gasteiger partial charge in [-0.1, -0.05) is 12.1 Å². The highest BCUT2D eigenvalue weighted by atomic mass is 32.1. The third-order valence-electron chi connectivity index (χ3n) is 4.00. The van der Waals surface area contributed by atoms with Gasteiger partial charge in [-0.25, -0.2) is 22.9 Å². The lowest BCUT2D eigenvalue weighted by Gasteiger charge is -2.19. The molecule has 1 aromatic carbocycles. The van der Waals surface area contributed by atoms with E-state index in [1.807, 2.05) is 4.90 Å². The highest BCUT2D eigenvalue weighted by Gasteiger charge is 2.26. The molecule has 4 nitrogen and oxygen atoms in total. The smallest absolute Gasteiger partial charge is 0.349 e. The molecular weight excluding hydrogens is 353 g/mol. The Bertz CT molecular complexity index is 766. The van der Waals surface area contributed by atoms with Crippen LogP contribution in [-0.4, -0.2) is 30.5 Å². The van der Waals surface area contributed by atoms with Crippen LogP contribution >= 0.6 is 11.3 Å². The molecule has 2 heterocycles. The normalized spacial score (nSPS) is 14.7. The van der Waals surface area contributed by atoms with E-state index < -0.39 is 18.6 Å². The van der Waals surface area contributed by atoms with E-state index in [2.05, 4.69) is 4.98 Å². The summed E-state index contributed by atoms with van der Waals surface area (Å²) in [6.45, 7) is 3.16. The third kappa shape index (κ3) is 3.78. The van der Waals surface area contributed by atoms with Crippen LogP contribution < -0.4 is 4.90 Å². The molecule has 0 amide bonds. The number of thiazole rings is 1. The lowest BCUT2D eigenvalue weighted by Crippen LogP contribution is -2.19. The summed E-state index contributed by atoms with van der Waals surface area (Å²) in [6.07, 6.45) is -3.10. The molecule has 134 valence electrons. The zero-order valence-electron chi connectivity index (χ0n) is 13.5. The monoisotopic (exact) mass is 370 g/mol. The fourth-order valence-corrected chi connectivity index (χ4v) is 3.61. The van der Waals surface area contributed by atoms with Crippen molar-refractivity contribution in [3.63, 3.8) is 0 Å². The van der Waals surface area contributed by atoms with Gasteiger partial charge in [0.05, 0.1) is 19.3 Å². The first-order chi connectivity index (χ1) is 12.0. The number of benzene rings is 1. The van der Waals surface area contributed by atoms with E-state index in [4.69, 9.17) is 4.74 Å². The molecule has 0 saturated carbocycles. The standard InChI is InChI=1S/C17H17F3N2O2S/c1-2-24-17(23)13-8-21-14(25-13)9-22-6-5-10-3-4-11(7-12(10)22)15(18)16(19)20/h3-4,7-8,15-16H,2,5-6,9H2,1H3. The molecule has 0 radical (unpaired) electrons. The molecule has 0 spiro atoms. The topological polar surface area (TPSA) is 42.4 Å². The maximum absolute atomic E-state index is 13.6. The van der Waals surface area contributed by atoms with Crippen molar-refractivity contribution in [3.05, 3.63) is 45.4 Å². The fourth-order valence-electron chi connectivity index (χ4n) is 2.79. The summed E-state index contributed by atoms with van der Waals surface area (Å²) in [6, 6.07) is 4.60. The Morgan fingerprint density at radius 3 is 2.92 bits per heavy atom. The summed E-state index contributed by atoms with van der Waals surface area (Å²) in [7, 11) is 0. The van der Waals surface area contributed by atoms with Crippen molar-refractivity contribution < 1.29 is 22.7 Å². The molecule has 0 aliphatic carbocycles. The van der Waals surface area contributed by atoms with E-state index in [1.165, 1.54) is 29.7 Å². The lowest BCUT2D eigenvalue weighted by molar-refractivity contribution is 0.0495. The van der Waals surface area contributed by atoms with Crippen LogP contribution in [0.2, 0.25) is 0 Å². The third-order valence-corrected chi connectivity index (χ3v) is 4.96. The van der Waals surface area contributed by atoms with E-state index in [-0.39, 0.29) is 5.56 Å². The molecule has 0 fully saturated rings. The van der Waals surface area contributed by atoms with Crippen molar-refractivity contribution in [2.45, 2.75) is 32.5 Å². The highest BCUT2D eigenvalue weighted by Crippen LogP contribution is 2.35. The van der Waals surface area contributed by atoms with E-state index >= 15 is 0 Å². The number of nitrogens with zero attached hydrogens (tertiary/aromatic N) is 2. The van der Waals surface area contributed by atoms with Crippen molar-refractivity contribution >= 4 is 23.0 Å². The molecule has 1 aromatic heterocycles. The van der Waals surface area contributed by atoms with Crippen LogP contribution in [0.25, 0.3) is 0 Å². The van der Waals surface area contributed by atoms with Gasteiger partial charge < -0.3 is 9.64 Å². The first-order valence-electron chi connectivity index (χ1n) is 7.91. The van der Waals surface area contributed by atoms with Gasteiger partial charge in [0.1, 0.15) is 9.88 Å². The number of anilines is 1. The molecule has 25 heavy (non-hydrogen) atoms. The molecule has 8 heteroatoms. The molecule has 2 aromatic rings. The van der Waals surface area contributed by atoms with Crippen LogP contribution in [0, 0.1) is 0 Å². The van der Waals surface area contributed by atoms with Crippen molar-refractivity contribution in [2.75, 3.05) is 18.1 Å². The number of carbonyl (C=O) groups is 1. The summed E-state index contributed by atoms with van der Waals surface area (Å²) in [5.41, 5.74) is 1.72. The minimum atomic E-state index is -3.04. The van der Waals surface area contributed by atoms with Crippen LogP contribution in [0.15, 0.2) is 24.4 Å². The number of fused-ring (bicyclic) bond motifs is 1. The molecule has 1 atom stereocenters. The number of alkyl halides is 3. The predicted octanol–water partition coefficient (Wildman–Crippen LogP) is 4.16. The van der Waals surface area contributed by atoms with Gasteiger partial charge >= 0.3 is 5.97 Å². The van der Waals surface area contributed by atoms with Crippen molar-refractivity contribution in [3.8, 4) is 0 Å². The van der Waals surface area contributed by atoms with Gasteiger partial charge in [0.2, 0.25) is 0 Å². The van der Waals surface area contributed by atoms with E-state index in [9.17, 15) is 18.0 Å². The minimum absolute atomic E-state index is 0.0213. The van der Waals surface area contributed by atoms with Crippen LogP contribution in [0.1, 0.15) is 38.9 Å². The maximum Gasteiger partial charge on any atom is 0.349 e. The Balaban J connectivity index is 1.76. The number of halogens is 3. The molecule has 3 rings (SSSR count). The molecule has 0 saturated heterocycles. The summed E-state index contributed by atoms with van der Waals surface area (Å²) in [5.74, 6) is -0.410. The zero-order valence-corrected chi connectivity index (χ0v) is 14.4. The Labute approximate surface area is 147 Å². The van der Waals surface area contributed by atoms with Gasteiger partial charge in [-0.3, -0.25) is 0 Å². The molecular formula is C17H17F3N2O2S. The number of ether oxygens (including phenoxy) is 1. The second-order valence-corrected chi connectivity index (χ2v) is 6.75. The molecule has 1 aliphatic rings. The quantitative estimate of drug-likeness (QED) is 0.716. The molecule has 0 N–H and O–H groups in total. The molecule has 1 unspecified atom stereocenters. The summed E-state index contributed by atoms with van der Waals surface area (Å²) in [4.78, 5) is 18.3. The Morgan fingerprint density at radius 2 is 2.20 bits per heavy atom. The highest BCUT2D eigenvalue weighted by molar-refractivity contribution is 7.13. The predicted molar refractivity (Wildman–Crippen MR) is 89.1 cm³/mol. The van der Waals surface area contributed by atoms with Gasteiger partial charge in [0, 0.05) is 12.2 Å². The van der Waals surface area contributed by atoms with Crippen LogP contribution in [-0.2, 0) is 17.7 Å². The van der Waals surface area contributed by atoms with Gasteiger partial charge in [-0.15, -0.1) is 11.3 Å². The maximum atomic E-state index is 13.6. The minimum Gasteiger partial charge on any atom is -0.462 e. The SMILES string of the molecule is CCOC(=O)c1cnc(CN2CCc3ccc(C(F)C(F)F)cc32)s1. The molecule has 1 aliphatic heterocycles. The van der Waals surface area contributed by atoms with E-state index in [0.29, 0.717) is 29.6 Å². The van der Waals surface area contributed by atoms with Gasteiger partial charge in [-0.05, 0) is 30.5 Å². The Kier molecular flexibility index (Phi) is 5.27. The zero-order chi connectivity index (χ0) is 18.0. The van der Waals surface area contributed by atoms with E-state index in [1.54, 1.807) is 13.0 Å². The number of aromatic nitrogens is 1. The first-order valence-corrected chi connectivity index (χ1v) is 8.73. The summed E-state index contributed by atoms with van der Waals surface area (Å²) < 4.78 is 43.8. The number of carbonyl (C=O) groups excluding carboxylic acids is 1. The second kappa shape index (κ2) is 7.43. The van der Waals surface area contributed by atoms with Gasteiger partial charge in [0.15, 0.2) is 6.17 Å². The number of hydrogen-bond donors (Lipinski definition) is 0. The fraction of sp³-hybridized carbons (Fsp3) is 0.412. The van der Waals surface area contributed by atoms with Crippen molar-refractivity contribution in [2.24, 2.45) is 0 Å². The summed E-state index contributed by atoms with van der Waals surface area (Å²) >= 11 is 1.24. The van der Waals surface area contributed by atoms with E-state index in [0.717, 1.165) is 17.7 Å². The van der Waals surface area contributed by atoms with Crippen molar-refractivity contribution in [1.29, 1.82) is 0 Å². The first kappa shape index (κ1) is 17.7. The Hall–Kier alpha value is -2.09. The molecule has 0 bridgehead atoms. The lowest BCUT2D eigenvalue weighted by atomic mass is 10.1. The summed E-state index contributed by atoms with van der Waals surface area (Å²) in [5, 5.41) is 0.715. The second-order valence-electron chi connectivity index (χ2n) is 5.63. The Morgan fingerprint density at radius 1 is 1.40 bits per heavy atom. The van der Waals surface area contributed by atoms with Gasteiger partial charge in [-0.2, -0.15) is 0 Å². The average molecular weight is 370 g/mol. The number of hydrogen-bond acceptors (Lipinski definition) is 5. The van der Waals surface area contributed by atoms with Crippen LogP contribution in [0.3, 0.4) is 0 Å². The van der Waals surface area contributed by atoms with Crippen LogP contribution in [0.5, 0.6) is 0 Å². The average Bonchev–Trinajstić information content (AvgIpc) is 3.22. The van der Waals surface area contributed by atoms with Gasteiger partial charge in [0.25, 0.3) is 6.43 Å². The largest absolute Gasteiger partial charge is 0.462 e.